The first-order valence-corrected chi connectivity index (χ1v) is 9.26. The summed E-state index contributed by atoms with van der Waals surface area (Å²) in [4.78, 5) is 28.2. The molecule has 1 saturated carbocycles. The first kappa shape index (κ1) is 16.2. The smallest absolute Gasteiger partial charge is 0.226 e. The summed E-state index contributed by atoms with van der Waals surface area (Å²) in [6, 6.07) is 0.590. The van der Waals surface area contributed by atoms with Crippen LogP contribution in [0, 0.1) is 5.92 Å². The fourth-order valence-electron chi connectivity index (χ4n) is 3.68. The zero-order valence-electron chi connectivity index (χ0n) is 15.0. The molecule has 0 aromatic carbocycles. The quantitative estimate of drug-likeness (QED) is 0.839. The minimum atomic E-state index is 0.0258. The zero-order valence-corrected chi connectivity index (χ0v) is 15.0. The van der Waals surface area contributed by atoms with Gasteiger partial charge in [-0.05, 0) is 37.7 Å². The van der Waals surface area contributed by atoms with Crippen molar-refractivity contribution in [1.29, 1.82) is 0 Å². The van der Waals surface area contributed by atoms with Gasteiger partial charge >= 0.3 is 0 Å². The van der Waals surface area contributed by atoms with Gasteiger partial charge in [-0.3, -0.25) is 4.79 Å². The lowest BCUT2D eigenvalue weighted by Gasteiger charge is -2.27. The molecule has 2 aromatic heterocycles. The summed E-state index contributed by atoms with van der Waals surface area (Å²) < 4.78 is 2.22. The largest absolute Gasteiger partial charge is 0.338 e. The fraction of sp³-hybridized carbons (Fsp3) is 0.579. The summed E-state index contributed by atoms with van der Waals surface area (Å²) in [7, 11) is 1.89. The van der Waals surface area contributed by atoms with E-state index in [0.29, 0.717) is 12.6 Å². The molecule has 0 aliphatic heterocycles. The van der Waals surface area contributed by atoms with Gasteiger partial charge in [0.25, 0.3) is 0 Å². The number of fused-ring (bicyclic) bond motifs is 1. The predicted octanol–water partition coefficient (Wildman–Crippen LogP) is 2.33. The molecule has 2 heterocycles. The maximum atomic E-state index is 12.9. The van der Waals surface area contributed by atoms with Gasteiger partial charge < -0.3 is 9.47 Å². The van der Waals surface area contributed by atoms with E-state index in [1.807, 2.05) is 30.5 Å². The molecular weight excluding hydrogens is 314 g/mol. The summed E-state index contributed by atoms with van der Waals surface area (Å²) >= 11 is 0. The van der Waals surface area contributed by atoms with Crippen LogP contribution in [-0.2, 0) is 30.6 Å². The molecule has 6 heteroatoms. The third kappa shape index (κ3) is 3.30. The minimum absolute atomic E-state index is 0.0258. The van der Waals surface area contributed by atoms with Crippen molar-refractivity contribution in [2.24, 2.45) is 5.92 Å². The van der Waals surface area contributed by atoms with Gasteiger partial charge in [-0.25, -0.2) is 15.0 Å². The highest BCUT2D eigenvalue weighted by Gasteiger charge is 2.30. The number of carbonyl (C=O) groups excluding carboxylic acids is 1. The first-order chi connectivity index (χ1) is 12.2. The Labute approximate surface area is 148 Å². The number of rotatable bonds is 5. The van der Waals surface area contributed by atoms with E-state index in [1.165, 1.54) is 12.8 Å². The van der Waals surface area contributed by atoms with Crippen molar-refractivity contribution in [1.82, 2.24) is 24.4 Å². The standard InChI is InChI=1S/C19H25N5O/c1-3-17-21-11-14-10-13(4-7-16(14)22-17)19(25)23(2)12-18-20-8-9-24(18)15-5-6-15/h8-9,11,13,15H,3-7,10,12H2,1-2H3. The van der Waals surface area contributed by atoms with E-state index in [9.17, 15) is 4.79 Å². The van der Waals surface area contributed by atoms with E-state index in [-0.39, 0.29) is 11.8 Å². The molecule has 0 spiro atoms. The second-order valence-corrected chi connectivity index (χ2v) is 7.23. The van der Waals surface area contributed by atoms with Crippen molar-refractivity contribution in [3.05, 3.63) is 41.5 Å². The van der Waals surface area contributed by atoms with Crippen LogP contribution < -0.4 is 0 Å². The summed E-state index contributed by atoms with van der Waals surface area (Å²) in [5.41, 5.74) is 2.26. The van der Waals surface area contributed by atoms with Crippen molar-refractivity contribution in [3.63, 3.8) is 0 Å². The molecule has 0 bridgehead atoms. The second kappa shape index (κ2) is 6.58. The lowest BCUT2D eigenvalue weighted by Crippen LogP contribution is -2.36. The number of amides is 1. The van der Waals surface area contributed by atoms with Gasteiger partial charge in [-0.1, -0.05) is 6.92 Å². The molecule has 1 fully saturated rings. The van der Waals surface area contributed by atoms with Crippen LogP contribution in [0.1, 0.15) is 55.1 Å². The lowest BCUT2D eigenvalue weighted by molar-refractivity contribution is -0.135. The number of hydrogen-bond donors (Lipinski definition) is 0. The van der Waals surface area contributed by atoms with Gasteiger partial charge in [0.2, 0.25) is 5.91 Å². The van der Waals surface area contributed by atoms with Crippen LogP contribution in [0.5, 0.6) is 0 Å². The van der Waals surface area contributed by atoms with Gasteiger partial charge in [0.05, 0.1) is 6.54 Å². The molecular formula is C19H25N5O. The van der Waals surface area contributed by atoms with Gasteiger partial charge in [0, 0.05) is 49.7 Å². The van der Waals surface area contributed by atoms with E-state index < -0.39 is 0 Å². The van der Waals surface area contributed by atoms with Gasteiger partial charge in [0.15, 0.2) is 0 Å². The van der Waals surface area contributed by atoms with Gasteiger partial charge in [-0.15, -0.1) is 0 Å². The van der Waals surface area contributed by atoms with E-state index in [2.05, 4.69) is 26.4 Å². The van der Waals surface area contributed by atoms with Gasteiger partial charge in [-0.2, -0.15) is 0 Å². The fourth-order valence-corrected chi connectivity index (χ4v) is 3.68. The maximum absolute atomic E-state index is 12.9. The average Bonchev–Trinajstić information content (AvgIpc) is 3.39. The molecule has 2 aliphatic carbocycles. The first-order valence-electron chi connectivity index (χ1n) is 9.26. The molecule has 1 unspecified atom stereocenters. The lowest BCUT2D eigenvalue weighted by atomic mass is 9.86. The Kier molecular flexibility index (Phi) is 4.27. The Morgan fingerprint density at radius 2 is 2.16 bits per heavy atom. The van der Waals surface area contributed by atoms with Crippen LogP contribution in [0.2, 0.25) is 0 Å². The maximum Gasteiger partial charge on any atom is 0.226 e. The Morgan fingerprint density at radius 1 is 1.32 bits per heavy atom. The molecule has 25 heavy (non-hydrogen) atoms. The van der Waals surface area contributed by atoms with Crippen LogP contribution in [0.15, 0.2) is 18.6 Å². The number of aryl methyl sites for hydroxylation is 2. The molecule has 6 nitrogen and oxygen atoms in total. The third-order valence-electron chi connectivity index (χ3n) is 5.31. The van der Waals surface area contributed by atoms with Crippen LogP contribution >= 0.6 is 0 Å². The topological polar surface area (TPSA) is 63.9 Å². The normalized spacial score (nSPS) is 19.5. The Bertz CT molecular complexity index is 780. The van der Waals surface area contributed by atoms with Crippen molar-refractivity contribution in [2.45, 2.75) is 58.0 Å². The zero-order chi connectivity index (χ0) is 17.4. The Hall–Kier alpha value is -2.24. The van der Waals surface area contributed by atoms with Crippen molar-refractivity contribution in [3.8, 4) is 0 Å². The summed E-state index contributed by atoms with van der Waals surface area (Å²) in [5, 5.41) is 0. The molecule has 0 saturated heterocycles. The molecule has 132 valence electrons. The molecule has 1 amide bonds. The molecule has 2 aliphatic rings. The average molecular weight is 339 g/mol. The predicted molar refractivity (Wildman–Crippen MR) is 93.9 cm³/mol. The summed E-state index contributed by atoms with van der Waals surface area (Å²) in [6.07, 6.45) is 11.6. The summed E-state index contributed by atoms with van der Waals surface area (Å²) in [6.45, 7) is 2.65. The number of hydrogen-bond acceptors (Lipinski definition) is 4. The van der Waals surface area contributed by atoms with Crippen LogP contribution in [0.25, 0.3) is 0 Å². The molecule has 1 atom stereocenters. The molecule has 0 N–H and O–H groups in total. The minimum Gasteiger partial charge on any atom is -0.338 e. The highest BCUT2D eigenvalue weighted by Crippen LogP contribution is 2.35. The van der Waals surface area contributed by atoms with Gasteiger partial charge in [0.1, 0.15) is 11.6 Å². The highest BCUT2D eigenvalue weighted by molar-refractivity contribution is 5.79. The van der Waals surface area contributed by atoms with Crippen LogP contribution in [-0.4, -0.2) is 37.4 Å². The Balaban J connectivity index is 1.42. The Morgan fingerprint density at radius 3 is 2.92 bits per heavy atom. The van der Waals surface area contributed by atoms with Crippen molar-refractivity contribution in [2.75, 3.05) is 7.05 Å². The number of carbonyl (C=O) groups is 1. The molecule has 0 radical (unpaired) electrons. The number of imidazole rings is 1. The molecule has 2 aromatic rings. The van der Waals surface area contributed by atoms with Crippen LogP contribution in [0.4, 0.5) is 0 Å². The monoisotopic (exact) mass is 339 g/mol. The SMILES string of the molecule is CCc1ncc2c(n1)CCC(C(=O)N(C)Cc1nccn1C1CC1)C2. The third-order valence-corrected chi connectivity index (χ3v) is 5.31. The van der Waals surface area contributed by atoms with E-state index in [0.717, 1.165) is 48.6 Å². The number of aromatic nitrogens is 4. The van der Waals surface area contributed by atoms with E-state index >= 15 is 0 Å². The molecule has 4 rings (SSSR count). The summed E-state index contributed by atoms with van der Waals surface area (Å²) in [5.74, 6) is 2.12. The number of nitrogens with zero attached hydrogens (tertiary/aromatic N) is 5. The van der Waals surface area contributed by atoms with Crippen LogP contribution in [0.3, 0.4) is 0 Å². The van der Waals surface area contributed by atoms with Crippen molar-refractivity contribution < 1.29 is 4.79 Å². The van der Waals surface area contributed by atoms with Crippen molar-refractivity contribution >= 4 is 5.91 Å². The van der Waals surface area contributed by atoms with E-state index in [1.54, 1.807) is 0 Å². The highest BCUT2D eigenvalue weighted by atomic mass is 16.2. The second-order valence-electron chi connectivity index (χ2n) is 7.23. The van der Waals surface area contributed by atoms with E-state index in [4.69, 9.17) is 0 Å².